The molecule has 0 aliphatic heterocycles. The van der Waals surface area contributed by atoms with Crippen molar-refractivity contribution in [3.05, 3.63) is 47.7 Å². The van der Waals surface area contributed by atoms with Crippen LogP contribution in [0.2, 0.25) is 0 Å². The van der Waals surface area contributed by atoms with Crippen LogP contribution in [0.4, 0.5) is 22.2 Å². The third-order valence-electron chi connectivity index (χ3n) is 5.70. The van der Waals surface area contributed by atoms with Gasteiger partial charge in [-0.25, -0.2) is 9.78 Å². The van der Waals surface area contributed by atoms with Gasteiger partial charge in [0.15, 0.2) is 0 Å². The minimum atomic E-state index is -0.632. The molecule has 2 atom stereocenters. The van der Waals surface area contributed by atoms with Crippen molar-refractivity contribution in [2.45, 2.75) is 64.1 Å². The fraction of sp³-hybridized carbons (Fsp3) is 0.400. The summed E-state index contributed by atoms with van der Waals surface area (Å²) in [6.45, 7) is 5.50. The van der Waals surface area contributed by atoms with E-state index in [1.807, 2.05) is 51.2 Å². The number of nitrogens with one attached hydrogen (secondary N) is 3. The molecule has 2 heterocycles. The van der Waals surface area contributed by atoms with E-state index in [0.29, 0.717) is 11.8 Å². The Labute approximate surface area is 214 Å². The van der Waals surface area contributed by atoms with Gasteiger partial charge in [0.25, 0.3) is 5.91 Å². The molecule has 5 N–H and O–H groups in total. The normalized spacial score (nSPS) is 17.8. The fourth-order valence-electron chi connectivity index (χ4n) is 4.04. The van der Waals surface area contributed by atoms with Gasteiger partial charge in [-0.1, -0.05) is 25.0 Å². The monoisotopic (exact) mass is 509 g/mol. The number of aromatic nitrogens is 3. The van der Waals surface area contributed by atoms with Crippen LogP contribution in [0.5, 0.6) is 0 Å². The predicted octanol–water partition coefficient (Wildman–Crippen LogP) is 4.69. The second-order valence-corrected chi connectivity index (χ2v) is 10.6. The van der Waals surface area contributed by atoms with Crippen molar-refractivity contribution in [3.63, 3.8) is 0 Å². The molecule has 2 amide bonds. The van der Waals surface area contributed by atoms with Crippen molar-refractivity contribution in [3.8, 4) is 10.4 Å². The predicted molar refractivity (Wildman–Crippen MR) is 140 cm³/mol. The number of hydrogen-bond acceptors (Lipinski definition) is 9. The highest BCUT2D eigenvalue weighted by Gasteiger charge is 2.29. The maximum absolute atomic E-state index is 12.3. The summed E-state index contributed by atoms with van der Waals surface area (Å²) in [5.41, 5.74) is 8.76. The van der Waals surface area contributed by atoms with Crippen LogP contribution in [-0.2, 0) is 4.74 Å². The van der Waals surface area contributed by atoms with E-state index in [4.69, 9.17) is 10.5 Å². The molecule has 10 nitrogen and oxygen atoms in total. The third kappa shape index (κ3) is 6.69. The first-order valence-electron chi connectivity index (χ1n) is 11.9. The highest BCUT2D eigenvalue weighted by Crippen LogP contribution is 2.27. The Hall–Kier alpha value is -3.73. The molecule has 4 rings (SSSR count). The van der Waals surface area contributed by atoms with E-state index in [0.717, 1.165) is 41.8 Å². The van der Waals surface area contributed by atoms with Gasteiger partial charge in [-0.15, -0.1) is 11.3 Å². The van der Waals surface area contributed by atoms with Crippen molar-refractivity contribution in [2.24, 2.45) is 5.73 Å². The SMILES string of the molecule is CC(C)(C)OC(=O)N[C@H]1CCCC[C@H]1Nc1ncc(C(N)=O)c(Nc2ccc(-c3cncs3)cc2)n1. The summed E-state index contributed by atoms with van der Waals surface area (Å²) in [4.78, 5) is 38.4. The lowest BCUT2D eigenvalue weighted by Gasteiger charge is -2.33. The number of hydrogen-bond donors (Lipinski definition) is 4. The van der Waals surface area contributed by atoms with Crippen LogP contribution in [0.3, 0.4) is 0 Å². The Bertz CT molecular complexity index is 1190. The average Bonchev–Trinajstić information content (AvgIpc) is 3.35. The average molecular weight is 510 g/mol. The van der Waals surface area contributed by atoms with Crippen LogP contribution in [-0.4, -0.2) is 44.6 Å². The molecule has 0 bridgehead atoms. The highest BCUT2D eigenvalue weighted by molar-refractivity contribution is 7.13. The highest BCUT2D eigenvalue weighted by atomic mass is 32.1. The van der Waals surface area contributed by atoms with Gasteiger partial charge >= 0.3 is 6.09 Å². The third-order valence-corrected chi connectivity index (χ3v) is 6.52. The molecule has 2 aromatic heterocycles. The molecule has 1 saturated carbocycles. The molecule has 190 valence electrons. The maximum Gasteiger partial charge on any atom is 0.407 e. The Balaban J connectivity index is 1.49. The number of nitrogens with two attached hydrogens (primary N) is 1. The summed E-state index contributed by atoms with van der Waals surface area (Å²) >= 11 is 1.56. The van der Waals surface area contributed by atoms with Crippen molar-refractivity contribution in [1.29, 1.82) is 0 Å². The minimum Gasteiger partial charge on any atom is -0.444 e. The lowest BCUT2D eigenvalue weighted by Crippen LogP contribution is -2.50. The lowest BCUT2D eigenvalue weighted by molar-refractivity contribution is 0.0488. The van der Waals surface area contributed by atoms with E-state index < -0.39 is 17.6 Å². The second-order valence-electron chi connectivity index (χ2n) is 9.68. The molecule has 3 aromatic rings. The number of rotatable bonds is 7. The fourth-order valence-corrected chi connectivity index (χ4v) is 4.67. The molecule has 11 heteroatoms. The number of nitrogens with zero attached hydrogens (tertiary/aromatic N) is 3. The summed E-state index contributed by atoms with van der Waals surface area (Å²) in [6, 6.07) is 7.51. The van der Waals surface area contributed by atoms with Gasteiger partial charge in [0, 0.05) is 24.1 Å². The molecule has 0 spiro atoms. The number of carbonyl (C=O) groups excluding carboxylic acids is 2. The molecule has 1 aromatic carbocycles. The molecule has 1 aliphatic carbocycles. The number of alkyl carbamates (subject to hydrolysis) is 1. The number of thiazole rings is 1. The van der Waals surface area contributed by atoms with Gasteiger partial charge in [0.05, 0.1) is 16.4 Å². The zero-order chi connectivity index (χ0) is 25.7. The van der Waals surface area contributed by atoms with Gasteiger partial charge in [-0.2, -0.15) is 4.98 Å². The van der Waals surface area contributed by atoms with E-state index in [-0.39, 0.29) is 17.6 Å². The van der Waals surface area contributed by atoms with Crippen LogP contribution in [0.1, 0.15) is 56.8 Å². The molecular weight excluding hydrogens is 478 g/mol. The molecule has 0 saturated heterocycles. The molecular formula is C25H31N7O3S. The Morgan fingerprint density at radius 3 is 2.44 bits per heavy atom. The standard InChI is InChI=1S/C25H31N7O3S/c1-25(2,3)35-24(34)31-19-7-5-4-6-18(19)30-23-28-12-17(21(26)33)22(32-23)29-16-10-8-15(9-11-16)20-13-27-14-36-20/h8-14,18-19H,4-7H2,1-3H3,(H2,26,33)(H,31,34)(H2,28,29,30,32)/t18-,19+/m1/s1. The van der Waals surface area contributed by atoms with Gasteiger partial charge in [0.2, 0.25) is 5.95 Å². The summed E-state index contributed by atoms with van der Waals surface area (Å²) in [7, 11) is 0. The van der Waals surface area contributed by atoms with Crippen molar-refractivity contribution in [1.82, 2.24) is 20.3 Å². The summed E-state index contributed by atoms with van der Waals surface area (Å²) < 4.78 is 5.43. The summed E-state index contributed by atoms with van der Waals surface area (Å²) in [5.74, 6) is 0.0112. The zero-order valence-electron chi connectivity index (χ0n) is 20.6. The van der Waals surface area contributed by atoms with E-state index in [9.17, 15) is 9.59 Å². The number of benzene rings is 1. The Morgan fingerprint density at radius 1 is 1.08 bits per heavy atom. The van der Waals surface area contributed by atoms with Crippen LogP contribution in [0.25, 0.3) is 10.4 Å². The van der Waals surface area contributed by atoms with Gasteiger partial charge in [-0.3, -0.25) is 9.78 Å². The minimum absolute atomic E-state index is 0.0859. The number of primary amides is 1. The quantitative estimate of drug-likeness (QED) is 0.359. The maximum atomic E-state index is 12.3. The number of anilines is 3. The molecule has 36 heavy (non-hydrogen) atoms. The van der Waals surface area contributed by atoms with Crippen molar-refractivity contribution < 1.29 is 14.3 Å². The summed E-state index contributed by atoms with van der Waals surface area (Å²) in [5, 5.41) is 9.48. The van der Waals surface area contributed by atoms with E-state index >= 15 is 0 Å². The van der Waals surface area contributed by atoms with Gasteiger partial charge in [-0.05, 0) is 51.3 Å². The number of amides is 2. The lowest BCUT2D eigenvalue weighted by atomic mass is 9.90. The largest absolute Gasteiger partial charge is 0.444 e. The molecule has 1 aliphatic rings. The number of carbonyl (C=O) groups is 2. The van der Waals surface area contributed by atoms with Crippen molar-refractivity contribution >= 4 is 40.8 Å². The van der Waals surface area contributed by atoms with E-state index in [1.165, 1.54) is 6.20 Å². The molecule has 1 fully saturated rings. The zero-order valence-corrected chi connectivity index (χ0v) is 21.4. The number of ether oxygens (including phenoxy) is 1. The first-order chi connectivity index (χ1) is 17.2. The molecule has 0 unspecified atom stereocenters. The van der Waals surface area contributed by atoms with Crippen LogP contribution in [0, 0.1) is 0 Å². The first-order valence-corrected chi connectivity index (χ1v) is 12.7. The molecule has 0 radical (unpaired) electrons. The topological polar surface area (TPSA) is 144 Å². The second kappa shape index (κ2) is 10.9. The van der Waals surface area contributed by atoms with Gasteiger partial charge < -0.3 is 26.4 Å². The van der Waals surface area contributed by atoms with Crippen LogP contribution >= 0.6 is 11.3 Å². The Morgan fingerprint density at radius 2 is 1.81 bits per heavy atom. The van der Waals surface area contributed by atoms with Crippen molar-refractivity contribution in [2.75, 3.05) is 10.6 Å². The smallest absolute Gasteiger partial charge is 0.407 e. The van der Waals surface area contributed by atoms with Crippen LogP contribution in [0.15, 0.2) is 42.2 Å². The summed E-state index contributed by atoms with van der Waals surface area (Å²) in [6.07, 6.45) is 6.44. The first kappa shape index (κ1) is 25.4. The van der Waals surface area contributed by atoms with Gasteiger partial charge in [0.1, 0.15) is 17.0 Å². The van der Waals surface area contributed by atoms with E-state index in [2.05, 4.69) is 30.9 Å². The Kier molecular flexibility index (Phi) is 7.68. The van der Waals surface area contributed by atoms with Crippen LogP contribution < -0.4 is 21.7 Å². The van der Waals surface area contributed by atoms with E-state index in [1.54, 1.807) is 16.8 Å².